The zero-order chi connectivity index (χ0) is 17.7. The maximum absolute atomic E-state index is 9.10. The van der Waals surface area contributed by atoms with Gasteiger partial charge in [-0.15, -0.1) is 0 Å². The Bertz CT molecular complexity index is 846. The van der Waals surface area contributed by atoms with E-state index in [0.29, 0.717) is 17.1 Å². The third-order valence-electron chi connectivity index (χ3n) is 4.23. The van der Waals surface area contributed by atoms with Crippen molar-refractivity contribution < 1.29 is 9.47 Å². The highest BCUT2D eigenvalue weighted by atomic mass is 16.6. The second kappa shape index (κ2) is 5.27. The van der Waals surface area contributed by atoms with Crippen molar-refractivity contribution in [1.29, 1.82) is 5.26 Å². The third kappa shape index (κ3) is 2.85. The maximum atomic E-state index is 9.10. The summed E-state index contributed by atoms with van der Waals surface area (Å²) in [7, 11) is 0. The van der Waals surface area contributed by atoms with Crippen molar-refractivity contribution >= 4 is 0 Å². The van der Waals surface area contributed by atoms with Crippen LogP contribution in [-0.4, -0.2) is 0 Å². The number of fused-ring (bicyclic) bond motifs is 2. The first kappa shape index (κ1) is 16.4. The molecule has 0 amide bonds. The van der Waals surface area contributed by atoms with Gasteiger partial charge in [-0.2, -0.15) is 5.26 Å². The summed E-state index contributed by atoms with van der Waals surface area (Å²) in [5.74, 6) is 2.73. The van der Waals surface area contributed by atoms with Gasteiger partial charge in [-0.3, -0.25) is 0 Å². The lowest BCUT2D eigenvalue weighted by atomic mass is 9.80. The molecule has 24 heavy (non-hydrogen) atoms. The van der Waals surface area contributed by atoms with Crippen molar-refractivity contribution in [2.24, 2.45) is 0 Å². The number of nitriles is 1. The molecule has 0 aromatic heterocycles. The van der Waals surface area contributed by atoms with Crippen LogP contribution in [0.3, 0.4) is 0 Å². The van der Waals surface area contributed by atoms with E-state index >= 15 is 0 Å². The van der Waals surface area contributed by atoms with Crippen molar-refractivity contribution in [2.75, 3.05) is 0 Å². The van der Waals surface area contributed by atoms with E-state index in [1.54, 1.807) is 18.2 Å². The van der Waals surface area contributed by atoms with Gasteiger partial charge in [0.2, 0.25) is 0 Å². The van der Waals surface area contributed by atoms with E-state index < -0.39 is 0 Å². The lowest BCUT2D eigenvalue weighted by Crippen LogP contribution is -2.18. The third-order valence-corrected chi connectivity index (χ3v) is 4.23. The van der Waals surface area contributed by atoms with Crippen LogP contribution in [0.1, 0.15) is 58.2 Å². The molecule has 2 aromatic carbocycles. The van der Waals surface area contributed by atoms with Crippen LogP contribution in [-0.2, 0) is 10.8 Å². The van der Waals surface area contributed by atoms with Crippen LogP contribution < -0.4 is 9.47 Å². The lowest BCUT2D eigenvalue weighted by molar-refractivity contribution is 0.348. The van der Waals surface area contributed by atoms with Crippen molar-refractivity contribution in [3.05, 3.63) is 47.0 Å². The molecule has 0 fully saturated rings. The summed E-state index contributed by atoms with van der Waals surface area (Å²) in [5.41, 5.74) is 2.82. The van der Waals surface area contributed by atoms with Crippen LogP contribution >= 0.6 is 0 Å². The summed E-state index contributed by atoms with van der Waals surface area (Å²) >= 11 is 0. The van der Waals surface area contributed by atoms with Gasteiger partial charge in [0.25, 0.3) is 0 Å². The highest BCUT2D eigenvalue weighted by Crippen LogP contribution is 2.51. The zero-order valence-corrected chi connectivity index (χ0v) is 15.2. The predicted molar refractivity (Wildman–Crippen MR) is 95.1 cm³/mol. The fraction of sp³-hybridized carbons (Fsp3) is 0.381. The Balaban J connectivity index is 2.19. The van der Waals surface area contributed by atoms with Crippen molar-refractivity contribution in [3.63, 3.8) is 0 Å². The number of hydrogen-bond donors (Lipinski definition) is 0. The number of ether oxygens (including phenoxy) is 2. The summed E-state index contributed by atoms with van der Waals surface area (Å²) in [6.07, 6.45) is 0. The number of hydrogen-bond acceptors (Lipinski definition) is 3. The fourth-order valence-electron chi connectivity index (χ4n) is 2.74. The number of nitrogens with zero attached hydrogens (tertiary/aromatic N) is 1. The highest BCUT2D eigenvalue weighted by molar-refractivity contribution is 5.62. The molecule has 124 valence electrons. The number of rotatable bonds is 0. The molecule has 0 atom stereocenters. The van der Waals surface area contributed by atoms with Gasteiger partial charge in [-0.1, -0.05) is 47.6 Å². The largest absolute Gasteiger partial charge is 0.449 e. The Hall–Kier alpha value is -2.47. The molecule has 1 aliphatic heterocycles. The van der Waals surface area contributed by atoms with E-state index in [1.807, 2.05) is 0 Å². The van der Waals surface area contributed by atoms with E-state index in [9.17, 15) is 0 Å². The van der Waals surface area contributed by atoms with Gasteiger partial charge < -0.3 is 9.47 Å². The maximum Gasteiger partial charge on any atom is 0.173 e. The molecule has 0 radical (unpaired) electrons. The minimum Gasteiger partial charge on any atom is -0.449 e. The van der Waals surface area contributed by atoms with Gasteiger partial charge in [0, 0.05) is 11.6 Å². The Labute approximate surface area is 143 Å². The Morgan fingerprint density at radius 1 is 0.792 bits per heavy atom. The van der Waals surface area contributed by atoms with Gasteiger partial charge in [0.05, 0.1) is 11.6 Å². The summed E-state index contributed by atoms with van der Waals surface area (Å²) in [6, 6.07) is 11.7. The molecular formula is C21H23NO2. The molecule has 0 aliphatic carbocycles. The Kier molecular flexibility index (Phi) is 3.60. The van der Waals surface area contributed by atoms with Gasteiger partial charge in [0.1, 0.15) is 0 Å². The van der Waals surface area contributed by atoms with E-state index in [0.717, 1.165) is 17.1 Å². The highest BCUT2D eigenvalue weighted by Gasteiger charge is 2.30. The normalized spacial score (nSPS) is 13.2. The van der Waals surface area contributed by atoms with Crippen LogP contribution in [0.5, 0.6) is 23.0 Å². The second-order valence-electron chi connectivity index (χ2n) is 8.33. The molecule has 0 unspecified atom stereocenters. The predicted octanol–water partition coefficient (Wildman–Crippen LogP) is 6.05. The first-order valence-electron chi connectivity index (χ1n) is 8.18. The summed E-state index contributed by atoms with van der Waals surface area (Å²) in [6.45, 7) is 13.1. The van der Waals surface area contributed by atoms with Gasteiger partial charge in [-0.05, 0) is 34.6 Å². The lowest BCUT2D eigenvalue weighted by Gasteiger charge is -2.31. The average Bonchev–Trinajstić information content (AvgIpc) is 2.49. The minimum atomic E-state index is -0.0843. The minimum absolute atomic E-state index is 0.0172. The van der Waals surface area contributed by atoms with E-state index in [-0.39, 0.29) is 10.8 Å². The fourth-order valence-corrected chi connectivity index (χ4v) is 2.74. The Morgan fingerprint density at radius 2 is 1.50 bits per heavy atom. The molecule has 0 saturated heterocycles. The van der Waals surface area contributed by atoms with Crippen LogP contribution in [0.4, 0.5) is 0 Å². The summed E-state index contributed by atoms with van der Waals surface area (Å²) < 4.78 is 12.3. The smallest absolute Gasteiger partial charge is 0.173 e. The monoisotopic (exact) mass is 321 g/mol. The SMILES string of the molecule is CC(C)(C)c1cc2c(c(C(C)(C)C)c1)Oc1cc(C#N)ccc1O2. The molecule has 3 heteroatoms. The molecule has 3 rings (SSSR count). The second-order valence-corrected chi connectivity index (χ2v) is 8.33. The summed E-state index contributed by atoms with van der Waals surface area (Å²) in [5, 5.41) is 9.10. The van der Waals surface area contributed by atoms with E-state index in [1.165, 1.54) is 5.56 Å². The van der Waals surface area contributed by atoms with E-state index in [2.05, 4.69) is 59.7 Å². The molecular weight excluding hydrogens is 298 g/mol. The average molecular weight is 321 g/mol. The molecule has 3 nitrogen and oxygen atoms in total. The van der Waals surface area contributed by atoms with E-state index in [4.69, 9.17) is 14.7 Å². The van der Waals surface area contributed by atoms with Crippen molar-refractivity contribution in [1.82, 2.24) is 0 Å². The number of benzene rings is 2. The first-order valence-corrected chi connectivity index (χ1v) is 8.18. The van der Waals surface area contributed by atoms with Gasteiger partial charge in [0.15, 0.2) is 23.0 Å². The standard InChI is InChI=1S/C21H23NO2/c1-20(2,3)14-10-15(21(4,5)6)19-18(11-14)23-16-8-7-13(12-22)9-17(16)24-19/h7-11H,1-6H3. The molecule has 2 aromatic rings. The molecule has 1 heterocycles. The Morgan fingerprint density at radius 3 is 2.08 bits per heavy atom. The van der Waals surface area contributed by atoms with Crippen LogP contribution in [0.15, 0.2) is 30.3 Å². The molecule has 0 bridgehead atoms. The van der Waals surface area contributed by atoms with Crippen LogP contribution in [0.25, 0.3) is 0 Å². The topological polar surface area (TPSA) is 42.2 Å². The molecule has 0 saturated carbocycles. The molecule has 1 aliphatic rings. The first-order chi connectivity index (χ1) is 11.1. The summed E-state index contributed by atoms with van der Waals surface area (Å²) in [4.78, 5) is 0. The molecule has 0 spiro atoms. The van der Waals surface area contributed by atoms with Crippen LogP contribution in [0, 0.1) is 11.3 Å². The molecule has 0 N–H and O–H groups in total. The quantitative estimate of drug-likeness (QED) is 0.506. The zero-order valence-electron chi connectivity index (χ0n) is 15.2. The van der Waals surface area contributed by atoms with Crippen molar-refractivity contribution in [3.8, 4) is 29.1 Å². The van der Waals surface area contributed by atoms with Crippen molar-refractivity contribution in [2.45, 2.75) is 52.4 Å². The van der Waals surface area contributed by atoms with Gasteiger partial charge >= 0.3 is 0 Å². The van der Waals surface area contributed by atoms with Crippen LogP contribution in [0.2, 0.25) is 0 Å². The van der Waals surface area contributed by atoms with Gasteiger partial charge in [-0.25, -0.2) is 0 Å².